The van der Waals surface area contributed by atoms with Crippen LogP contribution in [0.15, 0.2) is 36.4 Å². The molecule has 0 aliphatic carbocycles. The summed E-state index contributed by atoms with van der Waals surface area (Å²) in [6, 6.07) is 11.4. The normalized spacial score (nSPS) is 17.9. The van der Waals surface area contributed by atoms with Gasteiger partial charge in [0.05, 0.1) is 0 Å². The first kappa shape index (κ1) is 10.4. The van der Waals surface area contributed by atoms with Gasteiger partial charge < -0.3 is 0 Å². The van der Waals surface area contributed by atoms with E-state index in [0.717, 1.165) is 6.54 Å². The molecule has 1 heterocycles. The Morgan fingerprint density at radius 1 is 1.13 bits per heavy atom. The van der Waals surface area contributed by atoms with Gasteiger partial charge in [0, 0.05) is 19.1 Å². The summed E-state index contributed by atoms with van der Waals surface area (Å²) in [5.74, 6) is 0. The molecule has 0 amide bonds. The van der Waals surface area contributed by atoms with Crippen molar-refractivity contribution in [3.8, 4) is 0 Å². The van der Waals surface area contributed by atoms with E-state index < -0.39 is 0 Å². The van der Waals surface area contributed by atoms with Gasteiger partial charge in [-0.25, -0.2) is 0 Å². The van der Waals surface area contributed by atoms with Gasteiger partial charge in [-0.15, -0.1) is 0 Å². The van der Waals surface area contributed by atoms with Crippen LogP contribution in [-0.4, -0.2) is 24.0 Å². The molecule has 0 radical (unpaired) electrons. The summed E-state index contributed by atoms with van der Waals surface area (Å²) in [7, 11) is 0. The van der Waals surface area contributed by atoms with E-state index in [1.54, 1.807) is 0 Å². The molecule has 0 bridgehead atoms. The lowest BCUT2D eigenvalue weighted by molar-refractivity contribution is 0.245. The molecule has 0 spiro atoms. The summed E-state index contributed by atoms with van der Waals surface area (Å²) in [6.07, 6.45) is 3.56. The third-order valence-corrected chi connectivity index (χ3v) is 3.12. The van der Waals surface area contributed by atoms with Crippen LogP contribution in [-0.2, 0) is 0 Å². The highest BCUT2D eigenvalue weighted by Gasteiger charge is 2.14. The molecule has 1 nitrogen and oxygen atoms in total. The summed E-state index contributed by atoms with van der Waals surface area (Å²) < 4.78 is 0. The molecule has 0 saturated carbocycles. The number of hydrogen-bond donors (Lipinski definition) is 0. The van der Waals surface area contributed by atoms with E-state index in [1.807, 2.05) is 0 Å². The van der Waals surface area contributed by atoms with Gasteiger partial charge in [0.15, 0.2) is 0 Å². The van der Waals surface area contributed by atoms with Crippen molar-refractivity contribution < 1.29 is 0 Å². The number of rotatable bonds is 2. The molecule has 0 fully saturated rings. The lowest BCUT2D eigenvalue weighted by Gasteiger charge is -2.29. The van der Waals surface area contributed by atoms with Crippen LogP contribution in [0.2, 0.25) is 0 Å². The van der Waals surface area contributed by atoms with E-state index in [1.165, 1.54) is 24.1 Å². The number of nitrogens with zero attached hydrogens (tertiary/aromatic N) is 1. The monoisotopic (exact) mass is 201 g/mol. The maximum Gasteiger partial charge on any atom is 0.0171 e. The van der Waals surface area contributed by atoms with Crippen molar-refractivity contribution in [1.29, 1.82) is 0 Å². The Balaban J connectivity index is 2.09. The van der Waals surface area contributed by atoms with Crippen molar-refractivity contribution in [2.24, 2.45) is 0 Å². The second-order valence-electron chi connectivity index (χ2n) is 4.43. The van der Waals surface area contributed by atoms with E-state index in [-0.39, 0.29) is 0 Å². The summed E-state index contributed by atoms with van der Waals surface area (Å²) >= 11 is 0. The fourth-order valence-electron chi connectivity index (χ4n) is 2.07. The highest BCUT2D eigenvalue weighted by molar-refractivity contribution is 5.66. The minimum Gasteiger partial charge on any atom is -0.297 e. The fourth-order valence-corrected chi connectivity index (χ4v) is 2.07. The van der Waals surface area contributed by atoms with Crippen LogP contribution < -0.4 is 0 Å². The fraction of sp³-hybridized carbons (Fsp3) is 0.429. The third kappa shape index (κ3) is 2.48. The molecule has 0 saturated heterocycles. The first-order chi connectivity index (χ1) is 7.27. The zero-order chi connectivity index (χ0) is 10.7. The Morgan fingerprint density at radius 2 is 1.87 bits per heavy atom. The van der Waals surface area contributed by atoms with Gasteiger partial charge in [-0.05, 0) is 31.4 Å². The zero-order valence-corrected chi connectivity index (χ0v) is 9.61. The van der Waals surface area contributed by atoms with Crippen molar-refractivity contribution in [1.82, 2.24) is 4.90 Å². The van der Waals surface area contributed by atoms with Gasteiger partial charge in [0.25, 0.3) is 0 Å². The molecule has 0 N–H and O–H groups in total. The number of hydrogen-bond acceptors (Lipinski definition) is 1. The molecule has 0 unspecified atom stereocenters. The molecular formula is C14H19N. The molecule has 15 heavy (non-hydrogen) atoms. The van der Waals surface area contributed by atoms with E-state index in [0.29, 0.717) is 6.04 Å². The Bertz CT molecular complexity index is 338. The maximum absolute atomic E-state index is 2.51. The van der Waals surface area contributed by atoms with E-state index in [9.17, 15) is 0 Å². The second kappa shape index (κ2) is 4.63. The van der Waals surface area contributed by atoms with Crippen LogP contribution >= 0.6 is 0 Å². The highest BCUT2D eigenvalue weighted by atomic mass is 15.1. The molecule has 1 aliphatic heterocycles. The van der Waals surface area contributed by atoms with Crippen LogP contribution in [0.3, 0.4) is 0 Å². The lowest BCUT2D eigenvalue weighted by atomic mass is 9.99. The van der Waals surface area contributed by atoms with Crippen molar-refractivity contribution in [2.45, 2.75) is 26.3 Å². The van der Waals surface area contributed by atoms with Gasteiger partial charge in [-0.2, -0.15) is 0 Å². The predicted octanol–water partition coefficient (Wildman–Crippen LogP) is 3.18. The van der Waals surface area contributed by atoms with Gasteiger partial charge in [0.2, 0.25) is 0 Å². The average molecular weight is 201 g/mol. The Labute approximate surface area is 92.4 Å². The van der Waals surface area contributed by atoms with Crippen LogP contribution in [0.4, 0.5) is 0 Å². The molecule has 1 aliphatic rings. The Morgan fingerprint density at radius 3 is 2.40 bits per heavy atom. The first-order valence-corrected chi connectivity index (χ1v) is 5.76. The average Bonchev–Trinajstić information content (AvgIpc) is 2.30. The lowest BCUT2D eigenvalue weighted by Crippen LogP contribution is -2.34. The molecule has 80 valence electrons. The standard InChI is InChI=1S/C14H19N/c1-12(2)15-10-8-14(9-11-15)13-6-4-3-5-7-13/h3-8,12H,9-11H2,1-2H3. The van der Waals surface area contributed by atoms with Crippen LogP contribution in [0.25, 0.3) is 5.57 Å². The van der Waals surface area contributed by atoms with Gasteiger partial charge in [0.1, 0.15) is 0 Å². The summed E-state index contributed by atoms with van der Waals surface area (Å²) in [6.45, 7) is 6.82. The molecule has 1 aromatic rings. The van der Waals surface area contributed by atoms with Crippen molar-refractivity contribution >= 4 is 5.57 Å². The molecule has 2 rings (SSSR count). The third-order valence-electron chi connectivity index (χ3n) is 3.12. The van der Waals surface area contributed by atoms with Crippen molar-refractivity contribution in [3.63, 3.8) is 0 Å². The highest BCUT2D eigenvalue weighted by Crippen LogP contribution is 2.22. The van der Waals surface area contributed by atoms with Gasteiger partial charge in [-0.3, -0.25) is 4.90 Å². The SMILES string of the molecule is CC(C)N1CC=C(c2ccccc2)CC1. The maximum atomic E-state index is 2.51. The van der Waals surface area contributed by atoms with Crippen LogP contribution in [0.1, 0.15) is 25.8 Å². The quantitative estimate of drug-likeness (QED) is 0.710. The molecule has 0 atom stereocenters. The van der Waals surface area contributed by atoms with E-state index in [2.05, 4.69) is 55.2 Å². The minimum atomic E-state index is 0.665. The molecule has 1 aromatic carbocycles. The number of benzene rings is 1. The first-order valence-electron chi connectivity index (χ1n) is 5.76. The molecule has 1 heteroatoms. The minimum absolute atomic E-state index is 0.665. The molecular weight excluding hydrogens is 182 g/mol. The smallest absolute Gasteiger partial charge is 0.0171 e. The summed E-state index contributed by atoms with van der Waals surface area (Å²) in [5, 5.41) is 0. The van der Waals surface area contributed by atoms with Crippen molar-refractivity contribution in [2.75, 3.05) is 13.1 Å². The van der Waals surface area contributed by atoms with Gasteiger partial charge >= 0.3 is 0 Å². The second-order valence-corrected chi connectivity index (χ2v) is 4.43. The predicted molar refractivity (Wildman–Crippen MR) is 65.7 cm³/mol. The molecule has 0 aromatic heterocycles. The van der Waals surface area contributed by atoms with Gasteiger partial charge in [-0.1, -0.05) is 36.4 Å². The van der Waals surface area contributed by atoms with E-state index in [4.69, 9.17) is 0 Å². The van der Waals surface area contributed by atoms with Crippen LogP contribution in [0, 0.1) is 0 Å². The van der Waals surface area contributed by atoms with Crippen molar-refractivity contribution in [3.05, 3.63) is 42.0 Å². The Kier molecular flexibility index (Phi) is 3.22. The van der Waals surface area contributed by atoms with E-state index >= 15 is 0 Å². The largest absolute Gasteiger partial charge is 0.297 e. The summed E-state index contributed by atoms with van der Waals surface area (Å²) in [5.41, 5.74) is 2.90. The topological polar surface area (TPSA) is 3.24 Å². The zero-order valence-electron chi connectivity index (χ0n) is 9.61. The summed E-state index contributed by atoms with van der Waals surface area (Å²) in [4.78, 5) is 2.51. The Hall–Kier alpha value is -1.08. The van der Waals surface area contributed by atoms with Crippen LogP contribution in [0.5, 0.6) is 0 Å².